The van der Waals surface area contributed by atoms with Crippen molar-refractivity contribution in [2.24, 2.45) is 11.8 Å². The lowest BCUT2D eigenvalue weighted by Gasteiger charge is -2.22. The van der Waals surface area contributed by atoms with Gasteiger partial charge in [-0.05, 0) is 24.3 Å². The van der Waals surface area contributed by atoms with E-state index in [1.54, 1.807) is 30.3 Å². The highest BCUT2D eigenvalue weighted by Gasteiger charge is 2.32. The lowest BCUT2D eigenvalue weighted by atomic mass is 9.85. The number of carbonyl (C=O) groups excluding carboxylic acids is 1. The van der Waals surface area contributed by atoms with E-state index in [-0.39, 0.29) is 24.9 Å². The lowest BCUT2D eigenvalue weighted by Crippen LogP contribution is -2.32. The molecule has 126 valence electrons. The maximum atomic E-state index is 11.6. The molecule has 0 saturated carbocycles. The average molecular weight is 342 g/mol. The van der Waals surface area contributed by atoms with Gasteiger partial charge in [0.1, 0.15) is 0 Å². The van der Waals surface area contributed by atoms with Crippen LogP contribution in [-0.2, 0) is 30.6 Å². The van der Waals surface area contributed by atoms with Crippen molar-refractivity contribution >= 4 is 27.4 Å². The van der Waals surface area contributed by atoms with Gasteiger partial charge in [-0.3, -0.25) is 14.4 Å². The van der Waals surface area contributed by atoms with Crippen LogP contribution in [0.5, 0.6) is 0 Å². The minimum atomic E-state index is -4.05. The van der Waals surface area contributed by atoms with E-state index in [9.17, 15) is 27.9 Å². The van der Waals surface area contributed by atoms with Gasteiger partial charge in [-0.15, -0.1) is 0 Å². The summed E-state index contributed by atoms with van der Waals surface area (Å²) in [5.41, 5.74) is 0.529. The van der Waals surface area contributed by atoms with Crippen molar-refractivity contribution in [2.45, 2.75) is 19.3 Å². The Balaban J connectivity index is 3.05. The van der Waals surface area contributed by atoms with Gasteiger partial charge in [0.15, 0.2) is 0 Å². The van der Waals surface area contributed by atoms with Crippen molar-refractivity contribution < 1.29 is 33.0 Å². The first kappa shape index (κ1) is 18.8. The molecule has 0 fully saturated rings. The lowest BCUT2D eigenvalue weighted by molar-refractivity contribution is -0.144. The molecular weight excluding hydrogens is 324 g/mol. The molecule has 8 heteroatoms. The number of carboxylic acid groups (broad SMARTS) is 2. The van der Waals surface area contributed by atoms with E-state index in [4.69, 9.17) is 5.11 Å². The molecule has 2 atom stereocenters. The molecule has 1 aromatic carbocycles. The highest BCUT2D eigenvalue weighted by atomic mass is 32.2. The van der Waals surface area contributed by atoms with Crippen molar-refractivity contribution in [3.8, 4) is 0 Å². The molecular formula is C15H18O7S. The Morgan fingerprint density at radius 2 is 1.74 bits per heavy atom. The Kier molecular flexibility index (Phi) is 6.89. The molecule has 0 aromatic heterocycles. The number of carbonyl (C=O) groups is 3. The van der Waals surface area contributed by atoms with Gasteiger partial charge in [-0.1, -0.05) is 30.3 Å². The number of rotatable bonds is 10. The van der Waals surface area contributed by atoms with Gasteiger partial charge in [0.2, 0.25) is 15.5 Å². The smallest absolute Gasteiger partial charge is 0.306 e. The van der Waals surface area contributed by atoms with Crippen LogP contribution in [0.3, 0.4) is 0 Å². The third-order valence-corrected chi connectivity index (χ3v) is 4.68. The second-order valence-electron chi connectivity index (χ2n) is 5.25. The SMILES string of the molecule is O=CS(=O)(=O)CC(Cc1ccccc1)C(CCC(=O)O)C(=O)O. The molecule has 0 heterocycles. The zero-order chi connectivity index (χ0) is 17.5. The van der Waals surface area contributed by atoms with E-state index < -0.39 is 39.4 Å². The van der Waals surface area contributed by atoms with Crippen LogP contribution in [0.25, 0.3) is 0 Å². The molecule has 0 aliphatic carbocycles. The molecule has 2 N–H and O–H groups in total. The zero-order valence-electron chi connectivity index (χ0n) is 12.3. The molecule has 1 aromatic rings. The van der Waals surface area contributed by atoms with E-state index in [1.807, 2.05) is 0 Å². The summed E-state index contributed by atoms with van der Waals surface area (Å²) in [6, 6.07) is 8.66. The fourth-order valence-corrected chi connectivity index (χ4v) is 3.44. The predicted molar refractivity (Wildman–Crippen MR) is 82.2 cm³/mol. The summed E-state index contributed by atoms with van der Waals surface area (Å²) in [5, 5.41) is 18.1. The minimum absolute atomic E-state index is 0.129. The largest absolute Gasteiger partial charge is 0.481 e. The summed E-state index contributed by atoms with van der Waals surface area (Å²) in [7, 11) is -4.05. The van der Waals surface area contributed by atoms with Crippen LogP contribution in [-0.4, -0.2) is 41.9 Å². The number of hydrogen-bond donors (Lipinski definition) is 2. The van der Waals surface area contributed by atoms with Gasteiger partial charge in [-0.2, -0.15) is 0 Å². The molecule has 1 rings (SSSR count). The second kappa shape index (κ2) is 8.42. The van der Waals surface area contributed by atoms with Crippen molar-refractivity contribution in [1.29, 1.82) is 0 Å². The summed E-state index contributed by atoms with van der Waals surface area (Å²) >= 11 is 0. The molecule has 0 amide bonds. The summed E-state index contributed by atoms with van der Waals surface area (Å²) in [6.07, 6.45) is -0.454. The molecule has 0 aliphatic heterocycles. The summed E-state index contributed by atoms with van der Waals surface area (Å²) < 4.78 is 23.2. The second-order valence-corrected chi connectivity index (χ2v) is 7.10. The molecule has 0 radical (unpaired) electrons. The summed E-state index contributed by atoms with van der Waals surface area (Å²) in [4.78, 5) is 32.8. The quantitative estimate of drug-likeness (QED) is 0.608. The van der Waals surface area contributed by atoms with Gasteiger partial charge < -0.3 is 10.2 Å². The number of aliphatic carboxylic acids is 2. The van der Waals surface area contributed by atoms with Crippen molar-refractivity contribution in [2.75, 3.05) is 5.75 Å². The first-order valence-electron chi connectivity index (χ1n) is 6.91. The Bertz CT molecular complexity index is 652. The van der Waals surface area contributed by atoms with Gasteiger partial charge in [0, 0.05) is 6.42 Å². The van der Waals surface area contributed by atoms with Crippen LogP contribution in [0, 0.1) is 11.8 Å². The standard InChI is InChI=1S/C15H18O7S/c16-10-23(21,22)9-12(8-11-4-2-1-3-5-11)13(15(19)20)6-7-14(17)18/h1-5,10,12-13H,6-9H2,(H,17,18)(H,19,20). The van der Waals surface area contributed by atoms with Gasteiger partial charge in [0.05, 0.1) is 11.7 Å². The van der Waals surface area contributed by atoms with Crippen molar-refractivity contribution in [3.63, 3.8) is 0 Å². The number of hydrogen-bond acceptors (Lipinski definition) is 5. The van der Waals surface area contributed by atoms with Crippen LogP contribution >= 0.6 is 0 Å². The van der Waals surface area contributed by atoms with Crippen LogP contribution in [0.1, 0.15) is 18.4 Å². The van der Waals surface area contributed by atoms with Crippen LogP contribution in [0.4, 0.5) is 0 Å². The Morgan fingerprint density at radius 1 is 1.13 bits per heavy atom. The van der Waals surface area contributed by atoms with E-state index >= 15 is 0 Å². The topological polar surface area (TPSA) is 126 Å². The summed E-state index contributed by atoms with van der Waals surface area (Å²) in [5.74, 6) is -5.10. The number of benzene rings is 1. The molecule has 7 nitrogen and oxygen atoms in total. The molecule has 23 heavy (non-hydrogen) atoms. The van der Waals surface area contributed by atoms with Crippen LogP contribution in [0.15, 0.2) is 30.3 Å². The Labute approximate surface area is 133 Å². The molecule has 0 bridgehead atoms. The third kappa shape index (κ3) is 6.60. The Hall–Kier alpha value is -2.22. The normalized spacial score (nSPS) is 13.9. The van der Waals surface area contributed by atoms with Crippen molar-refractivity contribution in [3.05, 3.63) is 35.9 Å². The average Bonchev–Trinajstić information content (AvgIpc) is 2.47. The first-order valence-corrected chi connectivity index (χ1v) is 8.63. The Morgan fingerprint density at radius 3 is 2.22 bits per heavy atom. The highest BCUT2D eigenvalue weighted by Crippen LogP contribution is 2.24. The molecule has 0 saturated heterocycles. The maximum Gasteiger partial charge on any atom is 0.306 e. The van der Waals surface area contributed by atoms with E-state index in [0.717, 1.165) is 5.56 Å². The monoisotopic (exact) mass is 342 g/mol. The van der Waals surface area contributed by atoms with E-state index in [2.05, 4.69) is 0 Å². The van der Waals surface area contributed by atoms with Crippen LogP contribution in [0.2, 0.25) is 0 Å². The molecule has 0 aliphatic rings. The van der Waals surface area contributed by atoms with Crippen LogP contribution < -0.4 is 0 Å². The van der Waals surface area contributed by atoms with E-state index in [0.29, 0.717) is 0 Å². The van der Waals surface area contributed by atoms with Crippen molar-refractivity contribution in [1.82, 2.24) is 0 Å². The third-order valence-electron chi connectivity index (χ3n) is 3.49. The fraction of sp³-hybridized carbons (Fsp3) is 0.400. The highest BCUT2D eigenvalue weighted by molar-refractivity contribution is 8.04. The predicted octanol–water partition coefficient (Wildman–Crippen LogP) is 1.02. The number of carboxylic acids is 2. The maximum absolute atomic E-state index is 11.6. The van der Waals surface area contributed by atoms with Gasteiger partial charge >= 0.3 is 11.9 Å². The minimum Gasteiger partial charge on any atom is -0.481 e. The molecule has 0 spiro atoms. The van der Waals surface area contributed by atoms with Gasteiger partial charge in [-0.25, -0.2) is 8.42 Å². The zero-order valence-corrected chi connectivity index (χ0v) is 13.1. The van der Waals surface area contributed by atoms with E-state index in [1.165, 1.54) is 0 Å². The fourth-order valence-electron chi connectivity index (χ4n) is 2.41. The molecule has 2 unspecified atom stereocenters. The summed E-state index contributed by atoms with van der Waals surface area (Å²) in [6.45, 7) is 0. The number of sulfone groups is 1. The first-order chi connectivity index (χ1) is 10.7. The van der Waals surface area contributed by atoms with Gasteiger partial charge in [0.25, 0.3) is 0 Å².